The molecule has 1 N–H and O–H groups in total. The van der Waals surface area contributed by atoms with Gasteiger partial charge in [-0.05, 0) is 18.8 Å². The SMILES string of the molecule is C=CC(C)Cc1[nH]cnc1CC. The van der Waals surface area contributed by atoms with E-state index in [4.69, 9.17) is 0 Å². The highest BCUT2D eigenvalue weighted by atomic mass is 14.9. The van der Waals surface area contributed by atoms with Crippen LogP contribution in [0.5, 0.6) is 0 Å². The number of rotatable bonds is 4. The first-order chi connectivity index (χ1) is 5.77. The van der Waals surface area contributed by atoms with E-state index >= 15 is 0 Å². The average molecular weight is 164 g/mol. The molecular weight excluding hydrogens is 148 g/mol. The van der Waals surface area contributed by atoms with Gasteiger partial charge >= 0.3 is 0 Å². The van der Waals surface area contributed by atoms with Crippen molar-refractivity contribution in [3.63, 3.8) is 0 Å². The number of allylic oxidation sites excluding steroid dienone is 1. The Morgan fingerprint density at radius 1 is 1.75 bits per heavy atom. The Balaban J connectivity index is 2.67. The number of hydrogen-bond donors (Lipinski definition) is 1. The molecule has 0 amide bonds. The van der Waals surface area contributed by atoms with E-state index in [-0.39, 0.29) is 0 Å². The zero-order valence-electron chi connectivity index (χ0n) is 7.80. The molecule has 0 fully saturated rings. The Morgan fingerprint density at radius 3 is 3.08 bits per heavy atom. The highest BCUT2D eigenvalue weighted by molar-refractivity contribution is 5.12. The molecule has 12 heavy (non-hydrogen) atoms. The monoisotopic (exact) mass is 164 g/mol. The van der Waals surface area contributed by atoms with Gasteiger partial charge in [0, 0.05) is 5.69 Å². The quantitative estimate of drug-likeness (QED) is 0.680. The summed E-state index contributed by atoms with van der Waals surface area (Å²) in [6.07, 6.45) is 5.76. The third-order valence-corrected chi connectivity index (χ3v) is 2.07. The van der Waals surface area contributed by atoms with Crippen molar-refractivity contribution in [2.45, 2.75) is 26.7 Å². The van der Waals surface area contributed by atoms with Gasteiger partial charge in [0.05, 0.1) is 12.0 Å². The van der Waals surface area contributed by atoms with Crippen molar-refractivity contribution >= 4 is 0 Å². The van der Waals surface area contributed by atoms with Gasteiger partial charge in [-0.15, -0.1) is 6.58 Å². The van der Waals surface area contributed by atoms with Gasteiger partial charge in [-0.2, -0.15) is 0 Å². The topological polar surface area (TPSA) is 28.7 Å². The predicted molar refractivity (Wildman–Crippen MR) is 51.0 cm³/mol. The summed E-state index contributed by atoms with van der Waals surface area (Å²) >= 11 is 0. The zero-order chi connectivity index (χ0) is 8.97. The standard InChI is InChI=1S/C10H16N2/c1-4-8(3)6-10-9(5-2)11-7-12-10/h4,7-8H,1,5-6H2,2-3H3,(H,11,12). The van der Waals surface area contributed by atoms with E-state index < -0.39 is 0 Å². The molecule has 1 atom stereocenters. The molecule has 1 heterocycles. The minimum Gasteiger partial charge on any atom is -0.348 e. The van der Waals surface area contributed by atoms with Gasteiger partial charge in [0.25, 0.3) is 0 Å². The predicted octanol–water partition coefficient (Wildman–Crippen LogP) is 2.34. The van der Waals surface area contributed by atoms with Gasteiger partial charge in [-0.3, -0.25) is 0 Å². The first kappa shape index (κ1) is 9.04. The van der Waals surface area contributed by atoms with Crippen LogP contribution in [0.15, 0.2) is 19.0 Å². The van der Waals surface area contributed by atoms with Crippen LogP contribution in [0.25, 0.3) is 0 Å². The van der Waals surface area contributed by atoms with Gasteiger partial charge in [-0.1, -0.05) is 19.9 Å². The third-order valence-electron chi connectivity index (χ3n) is 2.07. The normalized spacial score (nSPS) is 12.8. The summed E-state index contributed by atoms with van der Waals surface area (Å²) in [5.41, 5.74) is 2.44. The molecule has 0 spiro atoms. The van der Waals surface area contributed by atoms with Crippen LogP contribution in [0.1, 0.15) is 25.2 Å². The summed E-state index contributed by atoms with van der Waals surface area (Å²) in [5.74, 6) is 0.524. The average Bonchev–Trinajstić information content (AvgIpc) is 2.51. The smallest absolute Gasteiger partial charge is 0.0925 e. The number of hydrogen-bond acceptors (Lipinski definition) is 1. The van der Waals surface area contributed by atoms with E-state index in [1.807, 2.05) is 6.08 Å². The second kappa shape index (κ2) is 4.10. The molecule has 2 nitrogen and oxygen atoms in total. The second-order valence-corrected chi connectivity index (χ2v) is 3.10. The van der Waals surface area contributed by atoms with E-state index in [1.54, 1.807) is 6.33 Å². The van der Waals surface area contributed by atoms with Gasteiger partial charge in [-0.25, -0.2) is 4.98 Å². The first-order valence-corrected chi connectivity index (χ1v) is 4.41. The molecule has 66 valence electrons. The molecule has 1 rings (SSSR count). The van der Waals surface area contributed by atoms with Crippen LogP contribution >= 0.6 is 0 Å². The van der Waals surface area contributed by atoms with Crippen LogP contribution in [0.2, 0.25) is 0 Å². The number of aromatic amines is 1. The van der Waals surface area contributed by atoms with Gasteiger partial charge in [0.2, 0.25) is 0 Å². The minimum atomic E-state index is 0.524. The van der Waals surface area contributed by atoms with Crippen molar-refractivity contribution in [2.75, 3.05) is 0 Å². The van der Waals surface area contributed by atoms with Crippen molar-refractivity contribution in [3.05, 3.63) is 30.4 Å². The molecule has 0 aliphatic rings. The van der Waals surface area contributed by atoms with E-state index in [2.05, 4.69) is 30.4 Å². The van der Waals surface area contributed by atoms with Crippen molar-refractivity contribution in [3.8, 4) is 0 Å². The lowest BCUT2D eigenvalue weighted by molar-refractivity contribution is 0.704. The first-order valence-electron chi connectivity index (χ1n) is 4.41. The maximum atomic E-state index is 4.23. The van der Waals surface area contributed by atoms with Crippen LogP contribution in [0.3, 0.4) is 0 Å². The van der Waals surface area contributed by atoms with E-state index in [0.717, 1.165) is 12.8 Å². The second-order valence-electron chi connectivity index (χ2n) is 3.10. The summed E-state index contributed by atoms with van der Waals surface area (Å²) in [7, 11) is 0. The number of imidazole rings is 1. The molecule has 0 bridgehead atoms. The maximum Gasteiger partial charge on any atom is 0.0925 e. The van der Waals surface area contributed by atoms with Gasteiger partial charge < -0.3 is 4.98 Å². The highest BCUT2D eigenvalue weighted by Crippen LogP contribution is 2.10. The zero-order valence-corrected chi connectivity index (χ0v) is 7.80. The Hall–Kier alpha value is -1.05. The molecule has 1 aromatic heterocycles. The summed E-state index contributed by atoms with van der Waals surface area (Å²) in [5, 5.41) is 0. The molecule has 1 aromatic rings. The lowest BCUT2D eigenvalue weighted by Crippen LogP contribution is -1.99. The molecule has 0 saturated carbocycles. The van der Waals surface area contributed by atoms with E-state index in [0.29, 0.717) is 5.92 Å². The minimum absolute atomic E-state index is 0.524. The Bertz CT molecular complexity index is 250. The van der Waals surface area contributed by atoms with Gasteiger partial charge in [0.15, 0.2) is 0 Å². The van der Waals surface area contributed by atoms with Crippen molar-refractivity contribution in [1.82, 2.24) is 9.97 Å². The number of nitrogens with one attached hydrogen (secondary N) is 1. The molecule has 0 saturated heterocycles. The summed E-state index contributed by atoms with van der Waals surface area (Å²) in [4.78, 5) is 7.40. The molecule has 0 aromatic carbocycles. The third kappa shape index (κ3) is 1.97. The molecular formula is C10H16N2. The number of H-pyrrole nitrogens is 1. The highest BCUT2D eigenvalue weighted by Gasteiger charge is 2.05. The number of nitrogens with zero attached hydrogens (tertiary/aromatic N) is 1. The fraction of sp³-hybridized carbons (Fsp3) is 0.500. The van der Waals surface area contributed by atoms with Crippen LogP contribution < -0.4 is 0 Å². The summed E-state index contributed by atoms with van der Waals surface area (Å²) in [6, 6.07) is 0. The molecule has 1 unspecified atom stereocenters. The molecule has 0 aliphatic heterocycles. The van der Waals surface area contributed by atoms with Crippen LogP contribution in [0.4, 0.5) is 0 Å². The number of aryl methyl sites for hydroxylation is 1. The maximum absolute atomic E-state index is 4.23. The summed E-state index contributed by atoms with van der Waals surface area (Å²) in [6.45, 7) is 8.05. The van der Waals surface area contributed by atoms with Gasteiger partial charge in [0.1, 0.15) is 0 Å². The number of aromatic nitrogens is 2. The molecule has 0 radical (unpaired) electrons. The van der Waals surface area contributed by atoms with Crippen LogP contribution in [0, 0.1) is 5.92 Å². The van der Waals surface area contributed by atoms with Crippen LogP contribution in [-0.4, -0.2) is 9.97 Å². The fourth-order valence-corrected chi connectivity index (χ4v) is 1.24. The Kier molecular flexibility index (Phi) is 3.09. The van der Waals surface area contributed by atoms with E-state index in [1.165, 1.54) is 11.4 Å². The molecule has 0 aliphatic carbocycles. The lowest BCUT2D eigenvalue weighted by atomic mass is 10.0. The Labute approximate surface area is 73.7 Å². The van der Waals surface area contributed by atoms with Crippen molar-refractivity contribution < 1.29 is 0 Å². The van der Waals surface area contributed by atoms with E-state index in [9.17, 15) is 0 Å². The van der Waals surface area contributed by atoms with Crippen LogP contribution in [-0.2, 0) is 12.8 Å². The van der Waals surface area contributed by atoms with Crippen molar-refractivity contribution in [2.24, 2.45) is 5.92 Å². The molecule has 2 heteroatoms. The fourth-order valence-electron chi connectivity index (χ4n) is 1.24. The Morgan fingerprint density at radius 2 is 2.50 bits per heavy atom. The lowest BCUT2D eigenvalue weighted by Gasteiger charge is -2.04. The largest absolute Gasteiger partial charge is 0.348 e. The van der Waals surface area contributed by atoms with Crippen molar-refractivity contribution in [1.29, 1.82) is 0 Å². The summed E-state index contributed by atoms with van der Waals surface area (Å²) < 4.78 is 0.